The van der Waals surface area contributed by atoms with Crippen LogP contribution >= 0.6 is 0 Å². The molecule has 3 rings (SSSR count). The van der Waals surface area contributed by atoms with E-state index in [4.69, 9.17) is 18.9 Å². The van der Waals surface area contributed by atoms with E-state index in [1.165, 1.54) is 39.4 Å². The molecule has 0 radical (unpaired) electrons. The van der Waals surface area contributed by atoms with E-state index in [0.29, 0.717) is 34.1 Å². The number of methoxy groups -OCH3 is 4. The summed E-state index contributed by atoms with van der Waals surface area (Å²) in [5, 5.41) is 10.1. The van der Waals surface area contributed by atoms with Crippen molar-refractivity contribution in [3.05, 3.63) is 47.0 Å². The standard InChI is InChI=1S/C21H23NO7/c1-22-18(11-7-6-8-14(26-2)19(11)29-5)17(21(24)25)12-9-15(27-3)16(28-4)10-13(12)20(22)23/h6-10,17-18H,1-5H3,(H,24,25)/t17-,18-/m1/s1. The lowest BCUT2D eigenvalue weighted by atomic mass is 9.79. The van der Waals surface area contributed by atoms with Gasteiger partial charge in [-0.05, 0) is 23.8 Å². The molecule has 2 aromatic rings. The Morgan fingerprint density at radius 2 is 1.55 bits per heavy atom. The Labute approximate surface area is 168 Å². The number of benzene rings is 2. The molecular formula is C21H23NO7. The van der Waals surface area contributed by atoms with Crippen LogP contribution in [0.15, 0.2) is 30.3 Å². The minimum absolute atomic E-state index is 0.260. The molecule has 8 nitrogen and oxygen atoms in total. The van der Waals surface area contributed by atoms with Crippen LogP contribution in [0.5, 0.6) is 23.0 Å². The molecule has 0 bridgehead atoms. The van der Waals surface area contributed by atoms with Crippen LogP contribution in [0.4, 0.5) is 0 Å². The number of carboxylic acids is 1. The molecule has 2 aromatic carbocycles. The molecule has 1 N–H and O–H groups in total. The number of carbonyl (C=O) groups is 2. The summed E-state index contributed by atoms with van der Waals surface area (Å²) in [5.74, 6) is -0.904. The highest BCUT2D eigenvalue weighted by atomic mass is 16.5. The highest BCUT2D eigenvalue weighted by Gasteiger charge is 2.45. The zero-order valence-corrected chi connectivity index (χ0v) is 16.9. The predicted molar refractivity (Wildman–Crippen MR) is 104 cm³/mol. The Hall–Kier alpha value is -3.42. The quantitative estimate of drug-likeness (QED) is 0.795. The van der Waals surface area contributed by atoms with Gasteiger partial charge >= 0.3 is 5.97 Å². The molecule has 1 aliphatic rings. The maximum absolute atomic E-state index is 13.2. The average molecular weight is 401 g/mol. The van der Waals surface area contributed by atoms with Crippen molar-refractivity contribution in [3.63, 3.8) is 0 Å². The van der Waals surface area contributed by atoms with E-state index in [-0.39, 0.29) is 11.5 Å². The molecule has 1 amide bonds. The van der Waals surface area contributed by atoms with Crippen molar-refractivity contribution in [1.82, 2.24) is 4.90 Å². The third kappa shape index (κ3) is 3.20. The Balaban J connectivity index is 2.29. The normalized spacial score (nSPS) is 18.1. The molecule has 29 heavy (non-hydrogen) atoms. The third-order valence-electron chi connectivity index (χ3n) is 5.19. The van der Waals surface area contributed by atoms with Crippen molar-refractivity contribution in [2.75, 3.05) is 35.5 Å². The van der Waals surface area contributed by atoms with E-state index in [1.54, 1.807) is 31.3 Å². The van der Waals surface area contributed by atoms with Crippen molar-refractivity contribution in [2.45, 2.75) is 12.0 Å². The maximum atomic E-state index is 13.2. The summed E-state index contributed by atoms with van der Waals surface area (Å²) < 4.78 is 21.5. The first kappa shape index (κ1) is 20.3. The van der Waals surface area contributed by atoms with Crippen LogP contribution in [0.25, 0.3) is 0 Å². The highest BCUT2D eigenvalue weighted by molar-refractivity contribution is 6.01. The fourth-order valence-electron chi connectivity index (χ4n) is 3.85. The molecule has 0 saturated carbocycles. The molecule has 154 valence electrons. The lowest BCUT2D eigenvalue weighted by Crippen LogP contribution is -2.42. The van der Waals surface area contributed by atoms with Crippen LogP contribution in [0.1, 0.15) is 33.4 Å². The SMILES string of the molecule is COc1cc2c(cc1OC)[C@@H](C(=O)O)[C@@H](c1cccc(OC)c1OC)N(C)C2=O. The van der Waals surface area contributed by atoms with E-state index >= 15 is 0 Å². The van der Waals surface area contributed by atoms with E-state index < -0.39 is 17.9 Å². The van der Waals surface area contributed by atoms with Crippen molar-refractivity contribution < 1.29 is 33.6 Å². The fourth-order valence-corrected chi connectivity index (χ4v) is 3.85. The highest BCUT2D eigenvalue weighted by Crippen LogP contribution is 2.48. The van der Waals surface area contributed by atoms with Gasteiger partial charge in [-0.2, -0.15) is 0 Å². The number of fused-ring (bicyclic) bond motifs is 1. The van der Waals surface area contributed by atoms with E-state index in [2.05, 4.69) is 0 Å². The molecule has 0 unspecified atom stereocenters. The van der Waals surface area contributed by atoms with Gasteiger partial charge in [-0.25, -0.2) is 0 Å². The third-order valence-corrected chi connectivity index (χ3v) is 5.19. The van der Waals surface area contributed by atoms with E-state index in [1.807, 2.05) is 0 Å². The van der Waals surface area contributed by atoms with Gasteiger partial charge in [0.2, 0.25) is 0 Å². The first-order valence-corrected chi connectivity index (χ1v) is 8.86. The van der Waals surface area contributed by atoms with Gasteiger partial charge < -0.3 is 29.0 Å². The van der Waals surface area contributed by atoms with Gasteiger partial charge in [-0.15, -0.1) is 0 Å². The summed E-state index contributed by atoms with van der Waals surface area (Å²) in [6.45, 7) is 0. The molecule has 0 aromatic heterocycles. The minimum atomic E-state index is -1.08. The van der Waals surface area contributed by atoms with Crippen LogP contribution in [-0.2, 0) is 4.79 Å². The lowest BCUT2D eigenvalue weighted by molar-refractivity contribution is -0.140. The smallest absolute Gasteiger partial charge is 0.313 e. The molecule has 0 spiro atoms. The minimum Gasteiger partial charge on any atom is -0.493 e. The monoisotopic (exact) mass is 401 g/mol. The zero-order valence-electron chi connectivity index (χ0n) is 16.9. The molecule has 0 saturated heterocycles. The largest absolute Gasteiger partial charge is 0.493 e. The second-order valence-corrected chi connectivity index (χ2v) is 6.55. The molecule has 1 heterocycles. The summed E-state index contributed by atoms with van der Waals surface area (Å²) in [6.07, 6.45) is 0. The molecule has 0 fully saturated rings. The first-order valence-electron chi connectivity index (χ1n) is 8.86. The van der Waals surface area contributed by atoms with Crippen LogP contribution in [0, 0.1) is 0 Å². The second-order valence-electron chi connectivity index (χ2n) is 6.55. The summed E-state index contributed by atoms with van der Waals surface area (Å²) in [4.78, 5) is 26.9. The number of likely N-dealkylation sites (N-methyl/N-ethyl adjacent to an activating group) is 1. The van der Waals surface area contributed by atoms with Crippen molar-refractivity contribution in [3.8, 4) is 23.0 Å². The number of rotatable bonds is 6. The van der Waals surface area contributed by atoms with Gasteiger partial charge in [-0.1, -0.05) is 12.1 Å². The van der Waals surface area contributed by atoms with Gasteiger partial charge in [0.25, 0.3) is 5.91 Å². The number of ether oxygens (including phenoxy) is 4. The number of hydrogen-bond donors (Lipinski definition) is 1. The number of carbonyl (C=O) groups excluding carboxylic acids is 1. The number of nitrogens with zero attached hydrogens (tertiary/aromatic N) is 1. The number of hydrogen-bond acceptors (Lipinski definition) is 6. The van der Waals surface area contributed by atoms with Gasteiger partial charge in [0.15, 0.2) is 23.0 Å². The average Bonchev–Trinajstić information content (AvgIpc) is 2.74. The number of para-hydroxylation sites is 1. The van der Waals surface area contributed by atoms with Crippen LogP contribution in [0.2, 0.25) is 0 Å². The van der Waals surface area contributed by atoms with E-state index in [0.717, 1.165) is 0 Å². The fraction of sp³-hybridized carbons (Fsp3) is 0.333. The first-order chi connectivity index (χ1) is 13.9. The second kappa shape index (κ2) is 7.90. The molecule has 1 aliphatic heterocycles. The van der Waals surface area contributed by atoms with Gasteiger partial charge in [0.05, 0.1) is 34.5 Å². The van der Waals surface area contributed by atoms with Crippen LogP contribution < -0.4 is 18.9 Å². The van der Waals surface area contributed by atoms with E-state index in [9.17, 15) is 14.7 Å². The molecule has 0 aliphatic carbocycles. The Morgan fingerprint density at radius 1 is 0.931 bits per heavy atom. The Morgan fingerprint density at radius 3 is 2.10 bits per heavy atom. The van der Waals surface area contributed by atoms with Gasteiger partial charge in [0.1, 0.15) is 5.92 Å². The maximum Gasteiger partial charge on any atom is 0.313 e. The van der Waals surface area contributed by atoms with Crippen LogP contribution in [-0.4, -0.2) is 57.4 Å². The van der Waals surface area contributed by atoms with Gasteiger partial charge in [0, 0.05) is 18.2 Å². The molecule has 2 atom stereocenters. The van der Waals surface area contributed by atoms with Crippen molar-refractivity contribution in [1.29, 1.82) is 0 Å². The number of carboxylic acid groups (broad SMARTS) is 1. The summed E-state index contributed by atoms with van der Waals surface area (Å²) in [5.41, 5.74) is 1.15. The van der Waals surface area contributed by atoms with Crippen LogP contribution in [0.3, 0.4) is 0 Å². The predicted octanol–water partition coefficient (Wildman–Crippen LogP) is 2.72. The zero-order chi connectivity index (χ0) is 21.3. The summed E-state index contributed by atoms with van der Waals surface area (Å²) in [7, 11) is 7.46. The number of amides is 1. The number of aliphatic carboxylic acids is 1. The lowest BCUT2D eigenvalue weighted by Gasteiger charge is -2.39. The summed E-state index contributed by atoms with van der Waals surface area (Å²) in [6, 6.07) is 7.44. The Kier molecular flexibility index (Phi) is 5.54. The molecule has 8 heteroatoms. The van der Waals surface area contributed by atoms with Crippen molar-refractivity contribution >= 4 is 11.9 Å². The Bertz CT molecular complexity index is 956. The van der Waals surface area contributed by atoms with Gasteiger partial charge in [-0.3, -0.25) is 9.59 Å². The summed E-state index contributed by atoms with van der Waals surface area (Å²) >= 11 is 0. The van der Waals surface area contributed by atoms with Crippen molar-refractivity contribution in [2.24, 2.45) is 0 Å². The topological polar surface area (TPSA) is 94.5 Å². The molecular weight excluding hydrogens is 378 g/mol.